The molecule has 2 aliphatic heterocycles. The van der Waals surface area contributed by atoms with Gasteiger partial charge in [-0.05, 0) is 49.8 Å². The topological polar surface area (TPSA) is 66.5 Å². The van der Waals surface area contributed by atoms with E-state index in [9.17, 15) is 17.6 Å². The van der Waals surface area contributed by atoms with Gasteiger partial charge in [-0.3, -0.25) is 4.79 Å². The highest BCUT2D eigenvalue weighted by Gasteiger charge is 2.39. The first-order valence-electron chi connectivity index (χ1n) is 10.8. The van der Waals surface area contributed by atoms with E-state index < -0.39 is 9.84 Å². The molecule has 1 amide bonds. The van der Waals surface area contributed by atoms with Gasteiger partial charge in [0.15, 0.2) is 9.84 Å². The van der Waals surface area contributed by atoms with Gasteiger partial charge < -0.3 is 10.2 Å². The van der Waals surface area contributed by atoms with Gasteiger partial charge in [-0.15, -0.1) is 0 Å². The van der Waals surface area contributed by atoms with E-state index in [0.717, 1.165) is 50.9 Å². The first-order chi connectivity index (χ1) is 13.9. The van der Waals surface area contributed by atoms with E-state index in [1.807, 2.05) is 6.07 Å². The first-order valence-corrected chi connectivity index (χ1v) is 12.7. The van der Waals surface area contributed by atoms with Crippen molar-refractivity contribution in [1.82, 2.24) is 10.2 Å². The summed E-state index contributed by atoms with van der Waals surface area (Å²) in [6.07, 6.45) is 6.78. The van der Waals surface area contributed by atoms with Crippen LogP contribution < -0.4 is 5.32 Å². The van der Waals surface area contributed by atoms with Gasteiger partial charge in [0.1, 0.15) is 5.82 Å². The van der Waals surface area contributed by atoms with Crippen LogP contribution in [0.3, 0.4) is 0 Å². The molecule has 4 rings (SSSR count). The molecule has 2 saturated heterocycles. The number of rotatable bonds is 5. The summed E-state index contributed by atoms with van der Waals surface area (Å²) in [6, 6.07) is 7.21. The Hall–Kier alpha value is -1.47. The molecule has 7 heteroatoms. The lowest BCUT2D eigenvalue weighted by Crippen LogP contribution is -2.49. The van der Waals surface area contributed by atoms with Crippen molar-refractivity contribution in [2.24, 2.45) is 5.92 Å². The third-order valence-electron chi connectivity index (χ3n) is 7.06. The highest BCUT2D eigenvalue weighted by atomic mass is 32.2. The Labute approximate surface area is 173 Å². The highest BCUT2D eigenvalue weighted by Crippen LogP contribution is 2.42. The Morgan fingerprint density at radius 1 is 1.17 bits per heavy atom. The third kappa shape index (κ3) is 4.82. The van der Waals surface area contributed by atoms with Crippen LogP contribution in [0, 0.1) is 11.7 Å². The molecule has 0 radical (unpaired) electrons. The molecule has 1 atom stereocenters. The first kappa shape index (κ1) is 20.8. The minimum Gasteiger partial charge on any atom is -0.353 e. The molecule has 5 nitrogen and oxygen atoms in total. The number of amides is 1. The number of nitrogens with zero attached hydrogens (tertiary/aromatic N) is 1. The molecule has 0 spiro atoms. The van der Waals surface area contributed by atoms with Crippen molar-refractivity contribution in [2.75, 3.05) is 31.1 Å². The molecule has 1 aromatic rings. The number of halogens is 1. The van der Waals surface area contributed by atoms with Gasteiger partial charge in [0.25, 0.3) is 0 Å². The van der Waals surface area contributed by atoms with Crippen LogP contribution in [0.5, 0.6) is 0 Å². The number of hydrogen-bond acceptors (Lipinski definition) is 4. The summed E-state index contributed by atoms with van der Waals surface area (Å²) in [6.45, 7) is 2.76. The second-order valence-electron chi connectivity index (χ2n) is 9.16. The fourth-order valence-electron chi connectivity index (χ4n) is 5.39. The molecule has 1 aliphatic carbocycles. The Bertz CT molecular complexity index is 843. The second-order valence-corrected chi connectivity index (χ2v) is 11.4. The second kappa shape index (κ2) is 8.34. The normalized spacial score (nSPS) is 27.1. The van der Waals surface area contributed by atoms with E-state index in [0.29, 0.717) is 6.42 Å². The zero-order valence-electron chi connectivity index (χ0n) is 16.9. The van der Waals surface area contributed by atoms with E-state index in [-0.39, 0.29) is 40.6 Å². The number of hydrogen-bond donors (Lipinski definition) is 1. The van der Waals surface area contributed by atoms with E-state index in [1.165, 1.54) is 18.9 Å². The van der Waals surface area contributed by atoms with Gasteiger partial charge in [0, 0.05) is 31.1 Å². The van der Waals surface area contributed by atoms with Crippen LogP contribution in [0.2, 0.25) is 0 Å². The maximum atomic E-state index is 13.8. The SMILES string of the molecule is O=C(NC1CCN(CC2(c3cccc(F)c3)CCCC2)CC1)C1CCS(=O)(=O)C1. The summed E-state index contributed by atoms with van der Waals surface area (Å²) in [5, 5.41) is 3.08. The van der Waals surface area contributed by atoms with Gasteiger partial charge in [-0.25, -0.2) is 12.8 Å². The average Bonchev–Trinajstić information content (AvgIpc) is 3.30. The molecule has 3 aliphatic rings. The molecule has 2 heterocycles. The summed E-state index contributed by atoms with van der Waals surface area (Å²) in [7, 11) is -3.04. The van der Waals surface area contributed by atoms with E-state index in [4.69, 9.17) is 0 Å². The van der Waals surface area contributed by atoms with E-state index in [1.54, 1.807) is 6.07 Å². The van der Waals surface area contributed by atoms with Crippen LogP contribution in [-0.2, 0) is 20.0 Å². The zero-order valence-corrected chi connectivity index (χ0v) is 17.7. The Kier molecular flexibility index (Phi) is 5.98. The van der Waals surface area contributed by atoms with Crippen LogP contribution in [0.4, 0.5) is 4.39 Å². The van der Waals surface area contributed by atoms with Gasteiger partial charge in [0.05, 0.1) is 17.4 Å². The quantitative estimate of drug-likeness (QED) is 0.792. The standard InChI is InChI=1S/C22H31FN2O3S/c23-19-5-3-4-18(14-19)22(9-1-2-10-22)16-25-11-6-20(7-12-25)24-21(26)17-8-13-29(27,28)15-17/h3-5,14,17,20H,1-2,6-13,15-16H2,(H,24,26). The molecule has 3 fully saturated rings. The van der Waals surface area contributed by atoms with Crippen LogP contribution in [0.25, 0.3) is 0 Å². The molecular formula is C22H31FN2O3S. The smallest absolute Gasteiger partial charge is 0.224 e. The minimum atomic E-state index is -3.04. The average molecular weight is 423 g/mol. The van der Waals surface area contributed by atoms with Crippen LogP contribution in [0.15, 0.2) is 24.3 Å². The van der Waals surface area contributed by atoms with E-state index in [2.05, 4.69) is 16.3 Å². The summed E-state index contributed by atoms with van der Waals surface area (Å²) in [5.74, 6) is -0.520. The molecule has 0 bridgehead atoms. The predicted octanol–water partition coefficient (Wildman–Crippen LogP) is 2.65. The van der Waals surface area contributed by atoms with Crippen LogP contribution in [-0.4, -0.2) is 56.4 Å². The molecule has 160 valence electrons. The molecule has 1 N–H and O–H groups in total. The number of sulfone groups is 1. The summed E-state index contributed by atoms with van der Waals surface area (Å²) < 4.78 is 37.0. The predicted molar refractivity (Wildman–Crippen MR) is 111 cm³/mol. The van der Waals surface area contributed by atoms with Crippen LogP contribution >= 0.6 is 0 Å². The zero-order chi connectivity index (χ0) is 20.5. The van der Waals surface area contributed by atoms with Gasteiger partial charge in [-0.1, -0.05) is 25.0 Å². The maximum Gasteiger partial charge on any atom is 0.224 e. The Balaban J connectivity index is 1.32. The Morgan fingerprint density at radius 3 is 2.52 bits per heavy atom. The van der Waals surface area contributed by atoms with Crippen molar-refractivity contribution < 1.29 is 17.6 Å². The largest absolute Gasteiger partial charge is 0.353 e. The van der Waals surface area contributed by atoms with Crippen molar-refractivity contribution >= 4 is 15.7 Å². The van der Waals surface area contributed by atoms with Gasteiger partial charge in [0.2, 0.25) is 5.91 Å². The van der Waals surface area contributed by atoms with Gasteiger partial charge >= 0.3 is 0 Å². The number of carbonyl (C=O) groups is 1. The van der Waals surface area contributed by atoms with Crippen molar-refractivity contribution in [1.29, 1.82) is 0 Å². The lowest BCUT2D eigenvalue weighted by molar-refractivity contribution is -0.125. The fourth-order valence-corrected chi connectivity index (χ4v) is 7.13. The van der Waals surface area contributed by atoms with Gasteiger partial charge in [-0.2, -0.15) is 0 Å². The number of piperidine rings is 1. The summed E-state index contributed by atoms with van der Waals surface area (Å²) in [4.78, 5) is 14.9. The number of benzene rings is 1. The molecular weight excluding hydrogens is 391 g/mol. The maximum absolute atomic E-state index is 13.8. The van der Waals surface area contributed by atoms with Crippen molar-refractivity contribution in [3.05, 3.63) is 35.6 Å². The van der Waals surface area contributed by atoms with Crippen molar-refractivity contribution in [3.63, 3.8) is 0 Å². The van der Waals surface area contributed by atoms with Crippen LogP contribution in [0.1, 0.15) is 50.5 Å². The van der Waals surface area contributed by atoms with E-state index >= 15 is 0 Å². The lowest BCUT2D eigenvalue weighted by Gasteiger charge is -2.39. The number of carbonyl (C=O) groups excluding carboxylic acids is 1. The molecule has 1 saturated carbocycles. The third-order valence-corrected chi connectivity index (χ3v) is 8.83. The number of nitrogens with one attached hydrogen (secondary N) is 1. The fraction of sp³-hybridized carbons (Fsp3) is 0.682. The monoisotopic (exact) mass is 422 g/mol. The molecule has 1 aromatic carbocycles. The highest BCUT2D eigenvalue weighted by molar-refractivity contribution is 7.91. The lowest BCUT2D eigenvalue weighted by atomic mass is 9.78. The minimum absolute atomic E-state index is 0.00612. The molecule has 0 aromatic heterocycles. The molecule has 1 unspecified atom stereocenters. The van der Waals surface area contributed by atoms with Crippen molar-refractivity contribution in [3.8, 4) is 0 Å². The number of likely N-dealkylation sites (tertiary alicyclic amines) is 1. The Morgan fingerprint density at radius 2 is 1.90 bits per heavy atom. The molecule has 29 heavy (non-hydrogen) atoms. The van der Waals surface area contributed by atoms with Crippen molar-refractivity contribution in [2.45, 2.75) is 56.4 Å². The summed E-state index contributed by atoms with van der Waals surface area (Å²) in [5.41, 5.74) is 1.16. The summed E-state index contributed by atoms with van der Waals surface area (Å²) >= 11 is 0.